The third kappa shape index (κ3) is 4.31. The molecule has 2 heteroatoms. The van der Waals surface area contributed by atoms with E-state index in [9.17, 15) is 0 Å². The zero-order valence-electron chi connectivity index (χ0n) is 26.1. The van der Waals surface area contributed by atoms with E-state index in [1.165, 1.54) is 74.4 Å². The Bertz CT molecular complexity index is 2840. The van der Waals surface area contributed by atoms with Crippen LogP contribution < -0.4 is 4.90 Å². The van der Waals surface area contributed by atoms with E-state index in [1.54, 1.807) is 0 Å². The molecule has 224 valence electrons. The van der Waals surface area contributed by atoms with Crippen molar-refractivity contribution in [2.24, 2.45) is 0 Å². The lowest BCUT2D eigenvalue weighted by atomic mass is 9.93. The fourth-order valence-corrected chi connectivity index (χ4v) is 8.65. The van der Waals surface area contributed by atoms with Crippen molar-refractivity contribution < 1.29 is 0 Å². The average molecular weight is 628 g/mol. The van der Waals surface area contributed by atoms with E-state index in [-0.39, 0.29) is 0 Å². The van der Waals surface area contributed by atoms with Gasteiger partial charge in [-0.15, -0.1) is 11.3 Å². The highest BCUT2D eigenvalue weighted by molar-refractivity contribution is 7.25. The highest BCUT2D eigenvalue weighted by atomic mass is 32.1. The second-order valence-electron chi connectivity index (χ2n) is 12.5. The minimum absolute atomic E-state index is 1.13. The fourth-order valence-electron chi connectivity index (χ4n) is 7.51. The number of hydrogen-bond donors (Lipinski definition) is 0. The van der Waals surface area contributed by atoms with Gasteiger partial charge in [-0.05, 0) is 103 Å². The summed E-state index contributed by atoms with van der Waals surface area (Å²) in [5.41, 5.74) is 5.89. The van der Waals surface area contributed by atoms with Crippen LogP contribution >= 0.6 is 11.3 Å². The molecule has 10 rings (SSSR count). The maximum absolute atomic E-state index is 2.41. The van der Waals surface area contributed by atoms with Gasteiger partial charge in [-0.2, -0.15) is 0 Å². The molecule has 1 nitrogen and oxygen atoms in total. The standard InChI is InChI=1S/C46H29NS/c1-3-11-37-30(9-1)17-18-31-21-24-35(28-44(31)37)47(36-25-26-42-41-15-7-8-16-45(41)48-46(42)29-36)34-22-19-32(20-23-34)43-27-33-10-2-4-12-38(33)39-13-5-6-14-40(39)43/h1-29H. The lowest BCUT2D eigenvalue weighted by Gasteiger charge is -2.26. The molecule has 1 heterocycles. The number of benzene rings is 9. The van der Waals surface area contributed by atoms with Crippen molar-refractivity contribution in [3.8, 4) is 11.1 Å². The first-order valence-electron chi connectivity index (χ1n) is 16.4. The van der Waals surface area contributed by atoms with E-state index in [1.807, 2.05) is 11.3 Å². The van der Waals surface area contributed by atoms with E-state index in [0.717, 1.165) is 17.1 Å². The summed E-state index contributed by atoms with van der Waals surface area (Å²) in [6.45, 7) is 0. The Hall–Kier alpha value is -5.96. The van der Waals surface area contributed by atoms with Crippen LogP contribution in [0.2, 0.25) is 0 Å². The molecule has 0 amide bonds. The number of fused-ring (bicyclic) bond motifs is 9. The highest BCUT2D eigenvalue weighted by Crippen LogP contribution is 2.43. The number of rotatable bonds is 4. The summed E-state index contributed by atoms with van der Waals surface area (Å²) in [7, 11) is 0. The smallest absolute Gasteiger partial charge is 0.0476 e. The third-order valence-electron chi connectivity index (χ3n) is 9.81. The van der Waals surface area contributed by atoms with Crippen LogP contribution in [0.15, 0.2) is 176 Å². The van der Waals surface area contributed by atoms with Crippen LogP contribution in [0.25, 0.3) is 74.4 Å². The van der Waals surface area contributed by atoms with Gasteiger partial charge in [0.1, 0.15) is 0 Å². The van der Waals surface area contributed by atoms with Crippen LogP contribution in [0, 0.1) is 0 Å². The van der Waals surface area contributed by atoms with E-state index in [2.05, 4.69) is 181 Å². The molecule has 9 aromatic carbocycles. The van der Waals surface area contributed by atoms with Gasteiger partial charge in [-0.3, -0.25) is 0 Å². The fraction of sp³-hybridized carbons (Fsp3) is 0. The van der Waals surface area contributed by atoms with Crippen molar-refractivity contribution >= 4 is 91.7 Å². The molecule has 0 unspecified atom stereocenters. The van der Waals surface area contributed by atoms with Gasteiger partial charge in [-0.1, -0.05) is 127 Å². The molecule has 0 saturated carbocycles. The molecule has 0 fully saturated rings. The summed E-state index contributed by atoms with van der Waals surface area (Å²) in [5.74, 6) is 0. The van der Waals surface area contributed by atoms with Crippen molar-refractivity contribution in [1.82, 2.24) is 0 Å². The van der Waals surface area contributed by atoms with Crippen LogP contribution in [-0.4, -0.2) is 0 Å². The Kier molecular flexibility index (Phi) is 6.12. The van der Waals surface area contributed by atoms with Gasteiger partial charge in [0.25, 0.3) is 0 Å². The zero-order valence-corrected chi connectivity index (χ0v) is 26.9. The van der Waals surface area contributed by atoms with E-state index in [4.69, 9.17) is 0 Å². The molecule has 0 aliphatic rings. The average Bonchev–Trinajstić information content (AvgIpc) is 3.53. The van der Waals surface area contributed by atoms with Gasteiger partial charge in [-0.25, -0.2) is 0 Å². The first-order chi connectivity index (χ1) is 23.8. The van der Waals surface area contributed by atoms with Crippen molar-refractivity contribution in [1.29, 1.82) is 0 Å². The SMILES string of the molecule is c1ccc2c(c1)ccc1ccc(N(c3ccc(-c4cc5ccccc5c5ccccc45)cc3)c3ccc4c(c3)sc3ccccc34)cc12. The van der Waals surface area contributed by atoms with Gasteiger partial charge < -0.3 is 4.90 Å². The van der Waals surface area contributed by atoms with Gasteiger partial charge >= 0.3 is 0 Å². The topological polar surface area (TPSA) is 3.24 Å². The number of thiophene rings is 1. The molecule has 0 N–H and O–H groups in total. The second kappa shape index (κ2) is 10.8. The molecule has 0 atom stereocenters. The highest BCUT2D eigenvalue weighted by Gasteiger charge is 2.17. The number of nitrogens with zero attached hydrogens (tertiary/aromatic N) is 1. The minimum atomic E-state index is 1.13. The van der Waals surface area contributed by atoms with Crippen LogP contribution in [0.4, 0.5) is 17.1 Å². The first-order valence-corrected chi connectivity index (χ1v) is 17.2. The van der Waals surface area contributed by atoms with Crippen molar-refractivity contribution in [3.05, 3.63) is 176 Å². The Morgan fingerprint density at radius 3 is 1.67 bits per heavy atom. The zero-order chi connectivity index (χ0) is 31.6. The normalized spacial score (nSPS) is 11.8. The predicted octanol–water partition coefficient (Wildman–Crippen LogP) is 13.8. The van der Waals surface area contributed by atoms with E-state index >= 15 is 0 Å². The van der Waals surface area contributed by atoms with Crippen molar-refractivity contribution in [2.45, 2.75) is 0 Å². The van der Waals surface area contributed by atoms with Crippen LogP contribution in [0.1, 0.15) is 0 Å². The van der Waals surface area contributed by atoms with Crippen LogP contribution in [0.3, 0.4) is 0 Å². The Morgan fingerprint density at radius 1 is 0.312 bits per heavy atom. The van der Waals surface area contributed by atoms with Crippen molar-refractivity contribution in [3.63, 3.8) is 0 Å². The monoisotopic (exact) mass is 627 g/mol. The van der Waals surface area contributed by atoms with E-state index < -0.39 is 0 Å². The van der Waals surface area contributed by atoms with Gasteiger partial charge in [0, 0.05) is 37.2 Å². The second-order valence-corrected chi connectivity index (χ2v) is 13.6. The summed E-state index contributed by atoms with van der Waals surface area (Å²) >= 11 is 1.86. The van der Waals surface area contributed by atoms with Gasteiger partial charge in [0.2, 0.25) is 0 Å². The van der Waals surface area contributed by atoms with Crippen molar-refractivity contribution in [2.75, 3.05) is 4.90 Å². The quantitative estimate of drug-likeness (QED) is 0.176. The largest absolute Gasteiger partial charge is 0.310 e. The number of hydrogen-bond acceptors (Lipinski definition) is 2. The Morgan fingerprint density at radius 2 is 0.854 bits per heavy atom. The molecule has 10 aromatic rings. The molecule has 0 saturated heterocycles. The number of anilines is 3. The van der Waals surface area contributed by atoms with Gasteiger partial charge in [0.15, 0.2) is 0 Å². The third-order valence-corrected chi connectivity index (χ3v) is 10.9. The predicted molar refractivity (Wildman–Crippen MR) is 209 cm³/mol. The molecule has 1 aromatic heterocycles. The van der Waals surface area contributed by atoms with Crippen LogP contribution in [0.5, 0.6) is 0 Å². The van der Waals surface area contributed by atoms with Crippen LogP contribution in [-0.2, 0) is 0 Å². The summed E-state index contributed by atoms with van der Waals surface area (Å²) in [4.78, 5) is 2.41. The Balaban J connectivity index is 1.16. The van der Waals surface area contributed by atoms with Gasteiger partial charge in [0.05, 0.1) is 0 Å². The molecule has 0 bridgehead atoms. The summed E-state index contributed by atoms with van der Waals surface area (Å²) in [5, 5.41) is 12.8. The first kappa shape index (κ1) is 27.2. The molecule has 48 heavy (non-hydrogen) atoms. The maximum Gasteiger partial charge on any atom is 0.0476 e. The summed E-state index contributed by atoms with van der Waals surface area (Å²) in [6, 6.07) is 64.6. The summed E-state index contributed by atoms with van der Waals surface area (Å²) in [6.07, 6.45) is 0. The molecule has 0 aliphatic heterocycles. The maximum atomic E-state index is 2.41. The molecular formula is C46H29NS. The summed E-state index contributed by atoms with van der Waals surface area (Å²) < 4.78 is 2.62. The molecule has 0 radical (unpaired) electrons. The minimum Gasteiger partial charge on any atom is -0.310 e. The lowest BCUT2D eigenvalue weighted by molar-refractivity contribution is 1.30. The Labute approximate surface area is 282 Å². The molecule has 0 aliphatic carbocycles. The molecular weight excluding hydrogens is 599 g/mol. The lowest BCUT2D eigenvalue weighted by Crippen LogP contribution is -2.09. The molecule has 0 spiro atoms. The van der Waals surface area contributed by atoms with E-state index in [0.29, 0.717) is 0 Å².